The van der Waals surface area contributed by atoms with E-state index in [0.29, 0.717) is 57.4 Å². The molecule has 0 saturated carbocycles. The number of halogens is 4. The minimum Gasteiger partial charge on any atom is -0.397 e. The second-order valence-corrected chi connectivity index (χ2v) is 14.5. The van der Waals surface area contributed by atoms with Crippen molar-refractivity contribution in [3.8, 4) is 0 Å². The van der Waals surface area contributed by atoms with Gasteiger partial charge in [-0.1, -0.05) is 11.6 Å². The summed E-state index contributed by atoms with van der Waals surface area (Å²) in [7, 11) is 0. The number of urea groups is 1. The van der Waals surface area contributed by atoms with Crippen molar-refractivity contribution in [2.24, 2.45) is 17.8 Å². The van der Waals surface area contributed by atoms with Gasteiger partial charge in [0.25, 0.3) is 0 Å². The summed E-state index contributed by atoms with van der Waals surface area (Å²) in [5, 5.41) is 10.1. The fourth-order valence-corrected chi connectivity index (χ4v) is 8.80. The molecular weight excluding hydrogens is 653 g/mol. The molecular formula is C33H42ClF3N6O3S. The number of likely N-dealkylation sites (tertiary alicyclic amines) is 2. The SMILES string of the molecule is Nc1c(Cl)cc(C[C@@H](CC(=O)N2CCC(N3Cc4cscc4NC3=O)CC2)C(=O)N2CCC(C3CCNCC3)CC2)cc1C(F)(F)F. The molecule has 0 spiro atoms. The predicted molar refractivity (Wildman–Crippen MR) is 176 cm³/mol. The highest BCUT2D eigenvalue weighted by molar-refractivity contribution is 7.08. The van der Waals surface area contributed by atoms with Gasteiger partial charge in [-0.3, -0.25) is 9.59 Å². The van der Waals surface area contributed by atoms with E-state index >= 15 is 0 Å². The van der Waals surface area contributed by atoms with Crippen LogP contribution in [0.2, 0.25) is 5.02 Å². The first-order valence-corrected chi connectivity index (χ1v) is 17.8. The lowest BCUT2D eigenvalue weighted by molar-refractivity contribution is -0.143. The maximum atomic E-state index is 14.0. The third-order valence-corrected chi connectivity index (χ3v) is 11.6. The van der Waals surface area contributed by atoms with Gasteiger partial charge in [-0.05, 0) is 92.9 Å². The molecule has 1 aromatic carbocycles. The Bertz CT molecular complexity index is 1470. The van der Waals surface area contributed by atoms with E-state index in [-0.39, 0.29) is 47.3 Å². The number of fused-ring (bicyclic) bond motifs is 1. The number of benzene rings is 1. The zero-order chi connectivity index (χ0) is 33.3. The van der Waals surface area contributed by atoms with E-state index in [4.69, 9.17) is 17.3 Å². The first-order chi connectivity index (χ1) is 22.5. The van der Waals surface area contributed by atoms with Gasteiger partial charge < -0.3 is 31.1 Å². The highest BCUT2D eigenvalue weighted by Gasteiger charge is 2.38. The molecule has 3 saturated heterocycles. The molecule has 4 N–H and O–H groups in total. The van der Waals surface area contributed by atoms with Crippen molar-refractivity contribution < 1.29 is 27.6 Å². The van der Waals surface area contributed by atoms with Crippen molar-refractivity contribution >= 4 is 52.2 Å². The topological polar surface area (TPSA) is 111 Å². The van der Waals surface area contributed by atoms with Crippen LogP contribution in [-0.2, 0) is 28.7 Å². The van der Waals surface area contributed by atoms with Crippen molar-refractivity contribution in [1.82, 2.24) is 20.0 Å². The van der Waals surface area contributed by atoms with E-state index < -0.39 is 23.3 Å². The summed E-state index contributed by atoms with van der Waals surface area (Å²) in [4.78, 5) is 45.8. The Balaban J connectivity index is 1.13. The Morgan fingerprint density at radius 2 is 1.64 bits per heavy atom. The Morgan fingerprint density at radius 1 is 0.979 bits per heavy atom. The number of nitrogen functional groups attached to an aromatic ring is 1. The smallest absolute Gasteiger partial charge is 0.397 e. The molecule has 6 rings (SSSR count). The Labute approximate surface area is 282 Å². The number of hydrogen-bond donors (Lipinski definition) is 3. The van der Waals surface area contributed by atoms with Gasteiger partial charge in [0.2, 0.25) is 11.8 Å². The average molecular weight is 695 g/mol. The largest absolute Gasteiger partial charge is 0.418 e. The zero-order valence-corrected chi connectivity index (χ0v) is 27.9. The van der Waals surface area contributed by atoms with Gasteiger partial charge in [-0.15, -0.1) is 11.3 Å². The van der Waals surface area contributed by atoms with Gasteiger partial charge in [0, 0.05) is 49.6 Å². The van der Waals surface area contributed by atoms with Crippen LogP contribution in [-0.4, -0.2) is 77.9 Å². The monoisotopic (exact) mass is 694 g/mol. The minimum absolute atomic E-state index is 0.0246. The van der Waals surface area contributed by atoms with Crippen molar-refractivity contribution in [3.05, 3.63) is 44.6 Å². The highest BCUT2D eigenvalue weighted by Crippen LogP contribution is 2.39. The Kier molecular flexibility index (Phi) is 10.2. The summed E-state index contributed by atoms with van der Waals surface area (Å²) in [6.07, 6.45) is 0.330. The molecule has 9 nitrogen and oxygen atoms in total. The molecule has 256 valence electrons. The van der Waals surface area contributed by atoms with Crippen LogP contribution < -0.4 is 16.4 Å². The predicted octanol–water partition coefficient (Wildman–Crippen LogP) is 5.83. The van der Waals surface area contributed by atoms with E-state index in [2.05, 4.69) is 10.6 Å². The van der Waals surface area contributed by atoms with Crippen molar-refractivity contribution in [3.63, 3.8) is 0 Å². The second kappa shape index (κ2) is 14.2. The van der Waals surface area contributed by atoms with Crippen molar-refractivity contribution in [1.29, 1.82) is 0 Å². The van der Waals surface area contributed by atoms with Crippen LogP contribution in [0.4, 0.5) is 29.3 Å². The number of piperidine rings is 3. The number of rotatable bonds is 7. The standard InChI is InChI=1S/C33H42ClF3N6O3S/c34-27-15-20(14-26(30(27)38)33(35,36)37)13-23(31(45)42-9-3-22(4-10-42)21-1-7-39-8-2-21)16-29(44)41-11-5-25(6-12-41)43-17-24-18-47-19-28(24)40-32(43)46/h14-15,18-19,21-23,25,39H,1-13,16-17,38H2,(H,40,46)/t23-/m0/s1. The Morgan fingerprint density at radius 3 is 2.32 bits per heavy atom. The molecule has 47 heavy (non-hydrogen) atoms. The number of nitrogens with zero attached hydrogens (tertiary/aromatic N) is 3. The number of carbonyl (C=O) groups excluding carboxylic acids is 3. The molecule has 14 heteroatoms. The van der Waals surface area contributed by atoms with Crippen LogP contribution in [0.25, 0.3) is 0 Å². The van der Waals surface area contributed by atoms with Crippen LogP contribution in [0.15, 0.2) is 22.9 Å². The van der Waals surface area contributed by atoms with Gasteiger partial charge in [-0.25, -0.2) is 4.79 Å². The summed E-state index contributed by atoms with van der Waals surface area (Å²) in [5.41, 5.74) is 6.21. The molecule has 2 aromatic rings. The molecule has 1 aromatic heterocycles. The summed E-state index contributed by atoms with van der Waals surface area (Å²) in [6, 6.07) is 2.15. The first kappa shape index (κ1) is 33.9. The molecule has 0 unspecified atom stereocenters. The molecule has 3 fully saturated rings. The van der Waals surface area contributed by atoms with E-state index in [1.807, 2.05) is 15.7 Å². The summed E-state index contributed by atoms with van der Waals surface area (Å²) in [6.45, 7) is 4.55. The number of alkyl halides is 3. The minimum atomic E-state index is -4.71. The second-order valence-electron chi connectivity index (χ2n) is 13.4. The van der Waals surface area contributed by atoms with Crippen LogP contribution >= 0.6 is 22.9 Å². The summed E-state index contributed by atoms with van der Waals surface area (Å²) >= 11 is 7.67. The van der Waals surface area contributed by atoms with Gasteiger partial charge in [-0.2, -0.15) is 13.2 Å². The molecule has 1 atom stereocenters. The van der Waals surface area contributed by atoms with Crippen molar-refractivity contribution in [2.45, 2.75) is 70.1 Å². The first-order valence-electron chi connectivity index (χ1n) is 16.5. The van der Waals surface area contributed by atoms with E-state index in [9.17, 15) is 27.6 Å². The highest BCUT2D eigenvalue weighted by atomic mass is 35.5. The maximum absolute atomic E-state index is 14.0. The Hall–Kier alpha value is -3.03. The lowest BCUT2D eigenvalue weighted by Crippen LogP contribution is -2.51. The number of thiophene rings is 1. The van der Waals surface area contributed by atoms with Crippen LogP contribution in [0.5, 0.6) is 0 Å². The van der Waals surface area contributed by atoms with Gasteiger partial charge >= 0.3 is 12.2 Å². The zero-order valence-electron chi connectivity index (χ0n) is 26.3. The van der Waals surface area contributed by atoms with Gasteiger partial charge in [0.1, 0.15) is 0 Å². The fourth-order valence-electron chi connectivity index (χ4n) is 7.78. The maximum Gasteiger partial charge on any atom is 0.418 e. The van der Waals surface area contributed by atoms with Crippen molar-refractivity contribution in [2.75, 3.05) is 50.3 Å². The lowest BCUT2D eigenvalue weighted by atomic mass is 9.79. The van der Waals surface area contributed by atoms with Crippen LogP contribution in [0.3, 0.4) is 0 Å². The van der Waals surface area contributed by atoms with E-state index in [1.54, 1.807) is 21.1 Å². The van der Waals surface area contributed by atoms with Crippen LogP contribution in [0.1, 0.15) is 61.6 Å². The number of amides is 4. The number of nitrogens with two attached hydrogens (primary N) is 1. The molecule has 4 amide bonds. The summed E-state index contributed by atoms with van der Waals surface area (Å²) in [5.74, 6) is -0.0977. The van der Waals surface area contributed by atoms with Gasteiger partial charge in [0.15, 0.2) is 0 Å². The van der Waals surface area contributed by atoms with Gasteiger partial charge in [0.05, 0.1) is 34.4 Å². The molecule has 0 radical (unpaired) electrons. The third-order valence-electron chi connectivity index (χ3n) is 10.5. The van der Waals surface area contributed by atoms with Crippen LogP contribution in [0, 0.1) is 17.8 Å². The normalized spacial score (nSPS) is 21.0. The third kappa shape index (κ3) is 7.67. The number of nitrogens with one attached hydrogen (secondary N) is 2. The molecule has 4 aliphatic heterocycles. The fraction of sp³-hybridized carbons (Fsp3) is 0.606. The number of anilines is 2. The molecule has 0 bridgehead atoms. The number of hydrogen-bond acceptors (Lipinski definition) is 6. The summed E-state index contributed by atoms with van der Waals surface area (Å²) < 4.78 is 41.3. The molecule has 4 aliphatic rings. The quantitative estimate of drug-likeness (QED) is 0.316. The molecule has 0 aliphatic carbocycles. The van der Waals surface area contributed by atoms with E-state index in [1.165, 1.54) is 6.07 Å². The number of carbonyl (C=O) groups is 3. The van der Waals surface area contributed by atoms with E-state index in [0.717, 1.165) is 56.1 Å². The average Bonchev–Trinajstić information content (AvgIpc) is 3.52. The lowest BCUT2D eigenvalue weighted by Gasteiger charge is -2.41. The molecule has 5 heterocycles.